The van der Waals surface area contributed by atoms with Gasteiger partial charge >= 0.3 is 0 Å². The van der Waals surface area contributed by atoms with Crippen molar-refractivity contribution in [1.29, 1.82) is 0 Å². The second-order valence-electron chi connectivity index (χ2n) is 5.00. The number of fused-ring (bicyclic) bond motifs is 1. The molecule has 4 heteroatoms. The van der Waals surface area contributed by atoms with Gasteiger partial charge in [-0.2, -0.15) is 4.98 Å². The molecule has 4 nitrogen and oxygen atoms in total. The van der Waals surface area contributed by atoms with Crippen molar-refractivity contribution >= 4 is 5.82 Å². The monoisotopic (exact) mass is 269 g/mol. The van der Waals surface area contributed by atoms with Gasteiger partial charge in [-0.3, -0.25) is 0 Å². The molecule has 1 aliphatic rings. The molecule has 20 heavy (non-hydrogen) atoms. The van der Waals surface area contributed by atoms with E-state index < -0.39 is 0 Å². The summed E-state index contributed by atoms with van der Waals surface area (Å²) < 4.78 is 5.69. The number of hydrogen-bond acceptors (Lipinski definition) is 4. The van der Waals surface area contributed by atoms with E-state index in [0.29, 0.717) is 6.61 Å². The summed E-state index contributed by atoms with van der Waals surface area (Å²) in [5.41, 5.74) is 2.40. The molecule has 0 amide bonds. The highest BCUT2D eigenvalue weighted by molar-refractivity contribution is 5.44. The van der Waals surface area contributed by atoms with Gasteiger partial charge in [0.25, 0.3) is 0 Å². The summed E-state index contributed by atoms with van der Waals surface area (Å²) in [7, 11) is 2.05. The average molecular weight is 269 g/mol. The van der Waals surface area contributed by atoms with Crippen LogP contribution in [-0.2, 0) is 13.1 Å². The van der Waals surface area contributed by atoms with Gasteiger partial charge in [0.2, 0.25) is 5.88 Å². The number of ether oxygens (including phenoxy) is 1. The first-order valence-corrected chi connectivity index (χ1v) is 6.91. The minimum absolute atomic E-state index is 0.672. The van der Waals surface area contributed by atoms with Crippen LogP contribution in [0.5, 0.6) is 5.88 Å². The van der Waals surface area contributed by atoms with E-state index in [-0.39, 0.29) is 0 Å². The molecule has 0 saturated heterocycles. The highest BCUT2D eigenvalue weighted by Gasteiger charge is 2.12. The van der Waals surface area contributed by atoms with Crippen LogP contribution < -0.4 is 15.0 Å². The minimum Gasteiger partial charge on any atom is -0.476 e. The van der Waals surface area contributed by atoms with Crippen LogP contribution in [0.2, 0.25) is 0 Å². The van der Waals surface area contributed by atoms with Gasteiger partial charge < -0.3 is 15.0 Å². The average Bonchev–Trinajstić information content (AvgIpc) is 2.72. The van der Waals surface area contributed by atoms with Crippen molar-refractivity contribution in [3.63, 3.8) is 0 Å². The number of hydrogen-bond donors (Lipinski definition) is 1. The van der Waals surface area contributed by atoms with E-state index in [1.165, 1.54) is 5.56 Å². The maximum atomic E-state index is 5.69. The molecule has 2 heterocycles. The fourth-order valence-corrected chi connectivity index (χ4v) is 2.31. The first kappa shape index (κ1) is 12.9. The molecule has 0 radical (unpaired) electrons. The van der Waals surface area contributed by atoms with Crippen molar-refractivity contribution in [1.82, 2.24) is 10.3 Å². The van der Waals surface area contributed by atoms with Crippen molar-refractivity contribution < 1.29 is 4.74 Å². The number of aromatic nitrogens is 1. The Labute approximate surface area is 119 Å². The van der Waals surface area contributed by atoms with Gasteiger partial charge in [-0.1, -0.05) is 30.3 Å². The molecule has 0 fully saturated rings. The van der Waals surface area contributed by atoms with Gasteiger partial charge in [0.15, 0.2) is 0 Å². The normalized spacial score (nSPS) is 14.1. The Balaban J connectivity index is 1.78. The molecule has 1 N–H and O–H groups in total. The van der Waals surface area contributed by atoms with Crippen LogP contribution in [-0.4, -0.2) is 25.2 Å². The maximum Gasteiger partial charge on any atom is 0.219 e. The summed E-state index contributed by atoms with van der Waals surface area (Å²) in [5.74, 6) is 1.70. The van der Waals surface area contributed by atoms with E-state index in [2.05, 4.69) is 58.6 Å². The quantitative estimate of drug-likeness (QED) is 0.927. The molecule has 3 rings (SSSR count). The highest BCUT2D eigenvalue weighted by atomic mass is 16.5. The largest absolute Gasteiger partial charge is 0.476 e. The Hall–Kier alpha value is -2.07. The van der Waals surface area contributed by atoms with Gasteiger partial charge in [-0.15, -0.1) is 0 Å². The zero-order valence-electron chi connectivity index (χ0n) is 11.7. The molecule has 0 atom stereocenters. The molecule has 1 aromatic carbocycles. The number of nitrogens with one attached hydrogen (secondary N) is 1. The summed E-state index contributed by atoms with van der Waals surface area (Å²) in [6.45, 7) is 3.20. The van der Waals surface area contributed by atoms with E-state index >= 15 is 0 Å². The van der Waals surface area contributed by atoms with E-state index in [1.807, 2.05) is 6.07 Å². The fraction of sp³-hybridized carbons (Fsp3) is 0.312. The predicted molar refractivity (Wildman–Crippen MR) is 80.0 cm³/mol. The molecule has 0 bridgehead atoms. The van der Waals surface area contributed by atoms with Crippen LogP contribution in [0.15, 0.2) is 42.5 Å². The summed E-state index contributed by atoms with van der Waals surface area (Å²) in [6.07, 6.45) is 0. The number of anilines is 1. The van der Waals surface area contributed by atoms with E-state index in [4.69, 9.17) is 4.74 Å². The van der Waals surface area contributed by atoms with E-state index in [0.717, 1.165) is 36.9 Å². The predicted octanol–water partition coefficient (Wildman–Crippen LogP) is 2.20. The summed E-state index contributed by atoms with van der Waals surface area (Å²) in [4.78, 5) is 6.77. The second kappa shape index (κ2) is 5.92. The topological polar surface area (TPSA) is 37.4 Å². The molecule has 2 aromatic rings. The Bertz CT molecular complexity index is 571. The van der Waals surface area contributed by atoms with Crippen LogP contribution in [0.3, 0.4) is 0 Å². The molecule has 0 spiro atoms. The number of benzene rings is 1. The van der Waals surface area contributed by atoms with Gasteiger partial charge in [0, 0.05) is 32.2 Å². The van der Waals surface area contributed by atoms with Gasteiger partial charge in [-0.25, -0.2) is 0 Å². The third-order valence-electron chi connectivity index (χ3n) is 3.41. The van der Waals surface area contributed by atoms with Gasteiger partial charge in [0.05, 0.1) is 0 Å². The Morgan fingerprint density at radius 2 is 2.05 bits per heavy atom. The lowest BCUT2D eigenvalue weighted by atomic mass is 10.2. The molecule has 0 unspecified atom stereocenters. The van der Waals surface area contributed by atoms with Crippen LogP contribution in [0, 0.1) is 0 Å². The van der Waals surface area contributed by atoms with Crippen molar-refractivity contribution in [2.24, 2.45) is 0 Å². The maximum absolute atomic E-state index is 5.69. The smallest absolute Gasteiger partial charge is 0.219 e. The molecular weight excluding hydrogens is 250 g/mol. The number of nitrogens with zero attached hydrogens (tertiary/aromatic N) is 2. The Kier molecular flexibility index (Phi) is 3.83. The van der Waals surface area contributed by atoms with Crippen molar-refractivity contribution in [3.05, 3.63) is 53.6 Å². The summed E-state index contributed by atoms with van der Waals surface area (Å²) >= 11 is 0. The second-order valence-corrected chi connectivity index (χ2v) is 5.00. The zero-order chi connectivity index (χ0) is 13.8. The van der Waals surface area contributed by atoms with Crippen molar-refractivity contribution in [3.8, 4) is 5.88 Å². The molecular formula is C16H19N3O. The van der Waals surface area contributed by atoms with Crippen LogP contribution in [0.25, 0.3) is 0 Å². The SMILES string of the molecule is CN(Cc1ccccc1)c1ccc2c(n1)OCCNC2. The first-order valence-electron chi connectivity index (χ1n) is 6.91. The lowest BCUT2D eigenvalue weighted by Crippen LogP contribution is -2.18. The van der Waals surface area contributed by atoms with Gasteiger partial charge in [-0.05, 0) is 17.7 Å². The lowest BCUT2D eigenvalue weighted by Gasteiger charge is -2.19. The van der Waals surface area contributed by atoms with Crippen LogP contribution in [0.1, 0.15) is 11.1 Å². The van der Waals surface area contributed by atoms with Crippen molar-refractivity contribution in [2.75, 3.05) is 25.1 Å². The third kappa shape index (κ3) is 2.91. The zero-order valence-corrected chi connectivity index (χ0v) is 11.7. The molecule has 104 valence electrons. The van der Waals surface area contributed by atoms with Gasteiger partial charge in [0.1, 0.15) is 12.4 Å². The Morgan fingerprint density at radius 3 is 2.90 bits per heavy atom. The Morgan fingerprint density at radius 1 is 1.20 bits per heavy atom. The van der Waals surface area contributed by atoms with E-state index in [1.54, 1.807) is 0 Å². The third-order valence-corrected chi connectivity index (χ3v) is 3.41. The van der Waals surface area contributed by atoms with Crippen molar-refractivity contribution in [2.45, 2.75) is 13.1 Å². The number of rotatable bonds is 3. The fourth-order valence-electron chi connectivity index (χ4n) is 2.31. The van der Waals surface area contributed by atoms with Crippen LogP contribution in [0.4, 0.5) is 5.82 Å². The molecule has 1 aromatic heterocycles. The van der Waals surface area contributed by atoms with Crippen LogP contribution >= 0.6 is 0 Å². The summed E-state index contributed by atoms with van der Waals surface area (Å²) in [5, 5.41) is 3.31. The standard InChI is InChI=1S/C16H19N3O/c1-19(12-13-5-3-2-4-6-13)15-8-7-14-11-17-9-10-20-16(14)18-15/h2-8,17H,9-12H2,1H3. The minimum atomic E-state index is 0.672. The summed E-state index contributed by atoms with van der Waals surface area (Å²) in [6, 6.07) is 14.5. The highest BCUT2D eigenvalue weighted by Crippen LogP contribution is 2.22. The molecule has 0 aliphatic carbocycles. The molecule has 1 aliphatic heterocycles. The lowest BCUT2D eigenvalue weighted by molar-refractivity contribution is 0.314. The van der Waals surface area contributed by atoms with E-state index in [9.17, 15) is 0 Å². The first-order chi connectivity index (χ1) is 9.83. The number of pyridine rings is 1. The molecule has 0 saturated carbocycles.